The van der Waals surface area contributed by atoms with Crippen LogP contribution < -0.4 is 10.6 Å². The predicted octanol–water partition coefficient (Wildman–Crippen LogP) is 4.11. The Morgan fingerprint density at radius 3 is 2.58 bits per heavy atom. The third kappa shape index (κ3) is 5.07. The van der Waals surface area contributed by atoms with Crippen LogP contribution in [0.25, 0.3) is 11.0 Å². The van der Waals surface area contributed by atoms with Gasteiger partial charge in [-0.15, -0.1) is 0 Å². The van der Waals surface area contributed by atoms with E-state index in [0.717, 1.165) is 29.4 Å². The van der Waals surface area contributed by atoms with Crippen LogP contribution in [0, 0.1) is 0 Å². The van der Waals surface area contributed by atoms with E-state index in [2.05, 4.69) is 20.7 Å². The summed E-state index contributed by atoms with van der Waals surface area (Å²) in [6.45, 7) is 5.95. The van der Waals surface area contributed by atoms with Crippen LogP contribution >= 0.6 is 23.2 Å². The number of anilines is 1. The van der Waals surface area contributed by atoms with Gasteiger partial charge in [0.05, 0.1) is 32.9 Å². The Labute approximate surface area is 202 Å². The molecule has 0 saturated carbocycles. The number of amides is 2. The van der Waals surface area contributed by atoms with E-state index in [1.165, 1.54) is 0 Å². The van der Waals surface area contributed by atoms with Gasteiger partial charge in [0.25, 0.3) is 5.91 Å². The molecule has 0 aliphatic carbocycles. The third-order valence-electron chi connectivity index (χ3n) is 5.94. The monoisotopic (exact) mass is 488 g/mol. The molecule has 0 unspecified atom stereocenters. The van der Waals surface area contributed by atoms with Gasteiger partial charge in [0, 0.05) is 45.3 Å². The lowest BCUT2D eigenvalue weighted by atomic mass is 10.0. The maximum Gasteiger partial charge on any atom is 0.255 e. The molecule has 33 heavy (non-hydrogen) atoms. The molecular formula is C23H26Cl2N6O2. The van der Waals surface area contributed by atoms with Crippen molar-refractivity contribution in [2.45, 2.75) is 45.8 Å². The maximum atomic E-state index is 13.2. The highest BCUT2D eigenvalue weighted by Gasteiger charge is 2.24. The van der Waals surface area contributed by atoms with Crippen LogP contribution in [-0.4, -0.2) is 50.6 Å². The van der Waals surface area contributed by atoms with Crippen LogP contribution in [0.15, 0.2) is 30.6 Å². The number of benzene rings is 1. The summed E-state index contributed by atoms with van der Waals surface area (Å²) in [5, 5.41) is 12.6. The van der Waals surface area contributed by atoms with Crippen LogP contribution in [-0.2, 0) is 17.9 Å². The number of piperidine rings is 1. The number of likely N-dealkylation sites (tertiary alicyclic amines) is 1. The Morgan fingerprint density at radius 2 is 1.91 bits per heavy atom. The summed E-state index contributed by atoms with van der Waals surface area (Å²) in [5.74, 6) is -0.158. The SMILES string of the molecule is CCn1ncc2c(NC3CCN(C(C)=O)CC3)c(C(=O)NCc3ccc(Cl)c(Cl)c3)cnc21. The summed E-state index contributed by atoms with van der Waals surface area (Å²) >= 11 is 12.1. The first-order valence-electron chi connectivity index (χ1n) is 11.0. The normalized spacial score (nSPS) is 14.5. The molecule has 0 spiro atoms. The molecule has 1 saturated heterocycles. The zero-order chi connectivity index (χ0) is 23.5. The highest BCUT2D eigenvalue weighted by molar-refractivity contribution is 6.42. The zero-order valence-corrected chi connectivity index (χ0v) is 20.1. The lowest BCUT2D eigenvalue weighted by Crippen LogP contribution is -2.41. The van der Waals surface area contributed by atoms with Crippen molar-refractivity contribution in [1.82, 2.24) is 25.0 Å². The average molecular weight is 489 g/mol. The minimum atomic E-state index is -0.247. The molecule has 1 aliphatic rings. The fourth-order valence-corrected chi connectivity index (χ4v) is 4.38. The molecule has 3 aromatic rings. The number of pyridine rings is 1. The lowest BCUT2D eigenvalue weighted by Gasteiger charge is -2.32. The summed E-state index contributed by atoms with van der Waals surface area (Å²) in [6, 6.07) is 5.40. The maximum absolute atomic E-state index is 13.2. The number of aryl methyl sites for hydroxylation is 1. The molecule has 0 bridgehead atoms. The average Bonchev–Trinajstić information content (AvgIpc) is 3.24. The molecule has 174 valence electrons. The standard InChI is InChI=1S/C23H26Cl2N6O2/c1-3-31-22-17(13-28-31)21(29-16-6-8-30(9-7-16)14(2)32)18(12-26-22)23(33)27-11-15-4-5-19(24)20(25)10-15/h4-5,10,12-13,16H,3,6-9,11H2,1-2H3,(H,26,29)(H,27,33). The third-order valence-corrected chi connectivity index (χ3v) is 6.68. The Kier molecular flexibility index (Phi) is 7.05. The second-order valence-corrected chi connectivity index (χ2v) is 8.91. The zero-order valence-electron chi connectivity index (χ0n) is 18.6. The van der Waals surface area contributed by atoms with Gasteiger partial charge in [-0.2, -0.15) is 5.10 Å². The van der Waals surface area contributed by atoms with Crippen molar-refractivity contribution in [3.8, 4) is 0 Å². The van der Waals surface area contributed by atoms with Crippen LogP contribution in [0.4, 0.5) is 5.69 Å². The largest absolute Gasteiger partial charge is 0.381 e. The number of hydrogen-bond donors (Lipinski definition) is 2. The molecule has 1 fully saturated rings. The molecular weight excluding hydrogens is 463 g/mol. The van der Waals surface area contributed by atoms with Gasteiger partial charge in [-0.05, 0) is 37.5 Å². The topological polar surface area (TPSA) is 92.2 Å². The minimum Gasteiger partial charge on any atom is -0.381 e. The number of nitrogens with one attached hydrogen (secondary N) is 2. The predicted molar refractivity (Wildman–Crippen MR) is 130 cm³/mol. The van der Waals surface area contributed by atoms with Gasteiger partial charge in [-0.1, -0.05) is 29.3 Å². The van der Waals surface area contributed by atoms with E-state index in [4.69, 9.17) is 23.2 Å². The smallest absolute Gasteiger partial charge is 0.255 e. The summed E-state index contributed by atoms with van der Waals surface area (Å²) in [6.07, 6.45) is 4.94. The van der Waals surface area contributed by atoms with Crippen molar-refractivity contribution in [1.29, 1.82) is 0 Å². The van der Waals surface area contributed by atoms with Gasteiger partial charge < -0.3 is 15.5 Å². The Balaban J connectivity index is 1.58. The number of aromatic nitrogens is 3. The van der Waals surface area contributed by atoms with Gasteiger partial charge in [0.15, 0.2) is 5.65 Å². The molecule has 2 aromatic heterocycles. The number of nitrogens with zero attached hydrogens (tertiary/aromatic N) is 4. The summed E-state index contributed by atoms with van der Waals surface area (Å²) in [7, 11) is 0. The second kappa shape index (κ2) is 9.97. The first-order valence-corrected chi connectivity index (χ1v) is 11.7. The van der Waals surface area contributed by atoms with E-state index in [0.29, 0.717) is 47.5 Å². The van der Waals surface area contributed by atoms with Gasteiger partial charge in [-0.25, -0.2) is 9.67 Å². The van der Waals surface area contributed by atoms with Gasteiger partial charge >= 0.3 is 0 Å². The molecule has 0 radical (unpaired) electrons. The second-order valence-electron chi connectivity index (χ2n) is 8.10. The van der Waals surface area contributed by atoms with Crippen molar-refractivity contribution < 1.29 is 9.59 Å². The number of fused-ring (bicyclic) bond motifs is 1. The van der Waals surface area contributed by atoms with Crippen molar-refractivity contribution in [3.63, 3.8) is 0 Å². The molecule has 4 rings (SSSR count). The number of carbonyl (C=O) groups is 2. The fourth-order valence-electron chi connectivity index (χ4n) is 4.06. The van der Waals surface area contributed by atoms with E-state index in [9.17, 15) is 9.59 Å². The van der Waals surface area contributed by atoms with E-state index in [1.807, 2.05) is 17.9 Å². The molecule has 0 atom stereocenters. The Morgan fingerprint density at radius 1 is 1.15 bits per heavy atom. The molecule has 1 aliphatic heterocycles. The van der Waals surface area contributed by atoms with Gasteiger partial charge in [-0.3, -0.25) is 9.59 Å². The van der Waals surface area contributed by atoms with E-state index in [1.54, 1.807) is 36.1 Å². The van der Waals surface area contributed by atoms with Gasteiger partial charge in [0.1, 0.15) is 0 Å². The highest BCUT2D eigenvalue weighted by atomic mass is 35.5. The molecule has 3 heterocycles. The van der Waals surface area contributed by atoms with Crippen molar-refractivity contribution >= 4 is 51.7 Å². The summed E-state index contributed by atoms with van der Waals surface area (Å²) < 4.78 is 1.80. The molecule has 10 heteroatoms. The van der Waals surface area contributed by atoms with Crippen LogP contribution in [0.5, 0.6) is 0 Å². The summed E-state index contributed by atoms with van der Waals surface area (Å²) in [4.78, 5) is 31.2. The Bertz CT molecular complexity index is 1190. The van der Waals surface area contributed by atoms with E-state index < -0.39 is 0 Å². The quantitative estimate of drug-likeness (QED) is 0.544. The first kappa shape index (κ1) is 23.3. The molecule has 2 N–H and O–H groups in total. The molecule has 2 amide bonds. The number of carbonyl (C=O) groups excluding carboxylic acids is 2. The van der Waals surface area contributed by atoms with E-state index in [-0.39, 0.29) is 17.9 Å². The van der Waals surface area contributed by atoms with Crippen molar-refractivity contribution in [2.75, 3.05) is 18.4 Å². The van der Waals surface area contributed by atoms with Crippen LogP contribution in [0.3, 0.4) is 0 Å². The molecule has 1 aromatic carbocycles. The number of hydrogen-bond acceptors (Lipinski definition) is 5. The fraction of sp³-hybridized carbons (Fsp3) is 0.391. The Hall–Kier alpha value is -2.84. The summed E-state index contributed by atoms with van der Waals surface area (Å²) in [5.41, 5.74) is 2.73. The van der Waals surface area contributed by atoms with Crippen molar-refractivity contribution in [2.24, 2.45) is 0 Å². The molecule has 8 nitrogen and oxygen atoms in total. The number of halogens is 2. The van der Waals surface area contributed by atoms with Gasteiger partial charge in [0.2, 0.25) is 5.91 Å². The first-order chi connectivity index (χ1) is 15.9. The van der Waals surface area contributed by atoms with Crippen LogP contribution in [0.2, 0.25) is 10.0 Å². The minimum absolute atomic E-state index is 0.0892. The lowest BCUT2D eigenvalue weighted by molar-refractivity contribution is -0.129. The van der Waals surface area contributed by atoms with E-state index >= 15 is 0 Å². The van der Waals surface area contributed by atoms with Crippen molar-refractivity contribution in [3.05, 3.63) is 51.8 Å². The van der Waals surface area contributed by atoms with Crippen LogP contribution in [0.1, 0.15) is 42.6 Å². The highest BCUT2D eigenvalue weighted by Crippen LogP contribution is 2.29. The number of rotatable bonds is 6.